The maximum atomic E-state index is 12.9. The first-order valence-electron chi connectivity index (χ1n) is 7.87. The summed E-state index contributed by atoms with van der Waals surface area (Å²) in [6, 6.07) is 12.9. The molecule has 0 bridgehead atoms. The molecular formula is C19H16ClFN2O3. The number of anilines is 1. The Bertz CT molecular complexity index is 909. The third-order valence-corrected chi connectivity index (χ3v) is 4.12. The van der Waals surface area contributed by atoms with E-state index >= 15 is 0 Å². The lowest BCUT2D eigenvalue weighted by Crippen LogP contribution is -2.18. The smallest absolute Gasteiger partial charge is 0.250 e. The van der Waals surface area contributed by atoms with E-state index in [0.717, 1.165) is 5.56 Å². The number of hydrogen-bond donors (Lipinski definition) is 1. The molecular weight excluding hydrogens is 359 g/mol. The molecule has 3 aromatic rings. The quantitative estimate of drug-likeness (QED) is 0.685. The Balaban J connectivity index is 1.51. The number of aromatic nitrogens is 1. The zero-order valence-corrected chi connectivity index (χ0v) is 14.7. The van der Waals surface area contributed by atoms with Crippen LogP contribution in [-0.2, 0) is 16.1 Å². The van der Waals surface area contributed by atoms with Crippen molar-refractivity contribution in [2.45, 2.75) is 13.5 Å². The number of ether oxygens (including phenoxy) is 1. The van der Waals surface area contributed by atoms with Crippen molar-refractivity contribution in [2.24, 2.45) is 0 Å². The second kappa shape index (κ2) is 8.12. The maximum absolute atomic E-state index is 12.9. The minimum atomic E-state index is -0.322. The average molecular weight is 375 g/mol. The first-order valence-corrected chi connectivity index (χ1v) is 8.25. The third kappa shape index (κ3) is 4.47. The molecule has 3 rings (SSSR count). The lowest BCUT2D eigenvalue weighted by molar-refractivity contribution is -0.121. The summed E-state index contributed by atoms with van der Waals surface area (Å²) in [7, 11) is 0. The van der Waals surface area contributed by atoms with E-state index in [9.17, 15) is 9.18 Å². The number of halogens is 2. The molecule has 0 spiro atoms. The van der Waals surface area contributed by atoms with Crippen molar-refractivity contribution in [3.63, 3.8) is 0 Å². The molecule has 0 aliphatic heterocycles. The van der Waals surface area contributed by atoms with Crippen molar-refractivity contribution >= 4 is 23.2 Å². The Kier molecular flexibility index (Phi) is 5.65. The molecule has 26 heavy (non-hydrogen) atoms. The van der Waals surface area contributed by atoms with Crippen molar-refractivity contribution < 1.29 is 18.4 Å². The summed E-state index contributed by atoms with van der Waals surface area (Å²) in [5, 5.41) is 7.21. The fourth-order valence-corrected chi connectivity index (χ4v) is 2.48. The molecule has 5 nitrogen and oxygen atoms in total. The van der Waals surface area contributed by atoms with Gasteiger partial charge in [0.25, 0.3) is 0 Å². The zero-order valence-electron chi connectivity index (χ0n) is 14.0. The van der Waals surface area contributed by atoms with Crippen LogP contribution in [0.25, 0.3) is 11.3 Å². The monoisotopic (exact) mass is 374 g/mol. The number of carbonyl (C=O) groups is 1. The molecule has 0 radical (unpaired) electrons. The molecule has 1 heterocycles. The SMILES string of the molecule is Cc1c(Cl)cccc1NC(=O)COCc1cc(-c2ccc(F)cc2)on1. The highest BCUT2D eigenvalue weighted by Crippen LogP contribution is 2.23. The van der Waals surface area contributed by atoms with Crippen LogP contribution < -0.4 is 5.32 Å². The van der Waals surface area contributed by atoms with Gasteiger partial charge < -0.3 is 14.6 Å². The van der Waals surface area contributed by atoms with E-state index in [1.807, 2.05) is 6.92 Å². The second-order valence-electron chi connectivity index (χ2n) is 5.64. The van der Waals surface area contributed by atoms with Crippen LogP contribution in [0.3, 0.4) is 0 Å². The molecule has 0 saturated heterocycles. The third-order valence-electron chi connectivity index (χ3n) is 3.71. The van der Waals surface area contributed by atoms with Gasteiger partial charge in [-0.3, -0.25) is 4.79 Å². The molecule has 7 heteroatoms. The highest BCUT2D eigenvalue weighted by Gasteiger charge is 2.10. The molecule has 0 unspecified atom stereocenters. The number of nitrogens with one attached hydrogen (secondary N) is 1. The van der Waals surface area contributed by atoms with E-state index in [0.29, 0.717) is 27.7 Å². The summed E-state index contributed by atoms with van der Waals surface area (Å²) >= 11 is 6.02. The predicted molar refractivity (Wildman–Crippen MR) is 96.4 cm³/mol. The fraction of sp³-hybridized carbons (Fsp3) is 0.158. The molecule has 1 N–H and O–H groups in total. The summed E-state index contributed by atoms with van der Waals surface area (Å²) in [5.41, 5.74) is 2.68. The van der Waals surface area contributed by atoms with Crippen molar-refractivity contribution in [2.75, 3.05) is 11.9 Å². The van der Waals surface area contributed by atoms with E-state index in [1.165, 1.54) is 12.1 Å². The van der Waals surface area contributed by atoms with Gasteiger partial charge in [-0.2, -0.15) is 0 Å². The van der Waals surface area contributed by atoms with Crippen LogP contribution >= 0.6 is 11.6 Å². The maximum Gasteiger partial charge on any atom is 0.250 e. The Hall–Kier alpha value is -2.70. The summed E-state index contributed by atoms with van der Waals surface area (Å²) < 4.78 is 23.5. The minimum Gasteiger partial charge on any atom is -0.365 e. The van der Waals surface area contributed by atoms with Gasteiger partial charge in [-0.1, -0.05) is 22.8 Å². The van der Waals surface area contributed by atoms with E-state index in [-0.39, 0.29) is 24.9 Å². The number of hydrogen-bond acceptors (Lipinski definition) is 4. The van der Waals surface area contributed by atoms with Gasteiger partial charge in [0.05, 0.1) is 6.61 Å². The normalized spacial score (nSPS) is 10.7. The molecule has 134 valence electrons. The van der Waals surface area contributed by atoms with Crippen molar-refractivity contribution in [3.8, 4) is 11.3 Å². The summed E-state index contributed by atoms with van der Waals surface area (Å²) in [6.45, 7) is 1.81. The Labute approximate surface area is 154 Å². The van der Waals surface area contributed by atoms with Gasteiger partial charge in [-0.15, -0.1) is 0 Å². The molecule has 1 aromatic heterocycles. The molecule has 0 fully saturated rings. The van der Waals surface area contributed by atoms with Gasteiger partial charge in [0.1, 0.15) is 18.1 Å². The zero-order chi connectivity index (χ0) is 18.5. The first-order chi connectivity index (χ1) is 12.5. The van der Waals surface area contributed by atoms with E-state index in [4.69, 9.17) is 20.9 Å². The van der Waals surface area contributed by atoms with Crippen LogP contribution in [0.4, 0.5) is 10.1 Å². The van der Waals surface area contributed by atoms with E-state index < -0.39 is 0 Å². The average Bonchev–Trinajstić information content (AvgIpc) is 3.08. The van der Waals surface area contributed by atoms with Crippen LogP contribution in [-0.4, -0.2) is 17.7 Å². The second-order valence-corrected chi connectivity index (χ2v) is 6.05. The van der Waals surface area contributed by atoms with Gasteiger partial charge in [-0.25, -0.2) is 4.39 Å². The molecule has 0 saturated carbocycles. The molecule has 0 aliphatic rings. The van der Waals surface area contributed by atoms with Gasteiger partial charge in [0.15, 0.2) is 5.76 Å². The first kappa shape index (κ1) is 18.1. The number of benzene rings is 2. The van der Waals surface area contributed by atoms with Crippen molar-refractivity contribution in [3.05, 3.63) is 70.6 Å². The van der Waals surface area contributed by atoms with Crippen molar-refractivity contribution in [1.82, 2.24) is 5.16 Å². The number of nitrogens with zero attached hydrogens (tertiary/aromatic N) is 1. The van der Waals surface area contributed by atoms with Crippen LogP contribution in [0.15, 0.2) is 53.1 Å². The van der Waals surface area contributed by atoms with Gasteiger partial charge >= 0.3 is 0 Å². The van der Waals surface area contributed by atoms with Crippen molar-refractivity contribution in [1.29, 1.82) is 0 Å². The molecule has 0 aliphatic carbocycles. The highest BCUT2D eigenvalue weighted by atomic mass is 35.5. The van der Waals surface area contributed by atoms with Gasteiger partial charge in [-0.05, 0) is 48.9 Å². The van der Waals surface area contributed by atoms with Gasteiger partial charge in [0.2, 0.25) is 5.91 Å². The summed E-state index contributed by atoms with van der Waals surface area (Å²) in [4.78, 5) is 12.0. The summed E-state index contributed by atoms with van der Waals surface area (Å²) in [6.07, 6.45) is 0. The number of rotatable bonds is 6. The minimum absolute atomic E-state index is 0.118. The van der Waals surface area contributed by atoms with Crippen LogP contribution in [0.1, 0.15) is 11.3 Å². The number of carbonyl (C=O) groups excluding carboxylic acids is 1. The molecule has 2 aromatic carbocycles. The van der Waals surface area contributed by atoms with E-state index in [2.05, 4.69) is 10.5 Å². The van der Waals surface area contributed by atoms with Crippen LogP contribution in [0, 0.1) is 12.7 Å². The fourth-order valence-electron chi connectivity index (χ4n) is 2.31. The highest BCUT2D eigenvalue weighted by molar-refractivity contribution is 6.31. The Morgan fingerprint density at radius 3 is 2.81 bits per heavy atom. The van der Waals surface area contributed by atoms with Crippen LogP contribution in [0.5, 0.6) is 0 Å². The Morgan fingerprint density at radius 2 is 2.04 bits per heavy atom. The standard InChI is InChI=1S/C19H16ClFN2O3/c1-12-16(20)3-2-4-17(12)22-19(24)11-25-10-15-9-18(26-23-15)13-5-7-14(21)8-6-13/h2-9H,10-11H2,1H3,(H,22,24). The van der Waals surface area contributed by atoms with Crippen LogP contribution in [0.2, 0.25) is 5.02 Å². The molecule has 1 amide bonds. The number of amides is 1. The largest absolute Gasteiger partial charge is 0.365 e. The Morgan fingerprint density at radius 1 is 1.27 bits per heavy atom. The topological polar surface area (TPSA) is 64.4 Å². The predicted octanol–water partition coefficient (Wildman–Crippen LogP) is 4.60. The van der Waals surface area contributed by atoms with E-state index in [1.54, 1.807) is 36.4 Å². The summed E-state index contributed by atoms with van der Waals surface area (Å²) in [5.74, 6) is -0.113. The lowest BCUT2D eigenvalue weighted by Gasteiger charge is -2.09. The lowest BCUT2D eigenvalue weighted by atomic mass is 10.1. The molecule has 0 atom stereocenters. The van der Waals surface area contributed by atoms with Gasteiger partial charge in [0, 0.05) is 22.3 Å².